The average molecular weight is 398 g/mol. The van der Waals surface area contributed by atoms with Crippen LogP contribution in [0.15, 0.2) is 48.5 Å². The molecule has 1 N–H and O–H groups in total. The van der Waals surface area contributed by atoms with Crippen molar-refractivity contribution in [2.75, 3.05) is 23.9 Å². The number of fused-ring (bicyclic) bond motifs is 1. The van der Waals surface area contributed by atoms with Crippen molar-refractivity contribution in [1.29, 1.82) is 0 Å². The third kappa shape index (κ3) is 4.04. The fourth-order valence-corrected chi connectivity index (χ4v) is 3.58. The zero-order valence-electron chi connectivity index (χ0n) is 15.8. The minimum Gasteiger partial charge on any atom is -0.494 e. The number of imide groups is 1. The van der Waals surface area contributed by atoms with Crippen LogP contribution in [0.3, 0.4) is 0 Å². The van der Waals surface area contributed by atoms with E-state index in [0.29, 0.717) is 41.3 Å². The van der Waals surface area contributed by atoms with Crippen LogP contribution in [0.4, 0.5) is 5.69 Å². The number of nitrogens with one attached hydrogen (secondary N) is 1. The fourth-order valence-electron chi connectivity index (χ4n) is 3.12. The molecule has 6 nitrogen and oxygen atoms in total. The SMILES string of the molecule is CCOc1ccc(NC(=O)C(CCSC)N2C(=O)c3ccccc3C2=O)cc1. The number of rotatable bonds is 8. The molecule has 7 heteroatoms. The Hall–Kier alpha value is -2.80. The Bertz CT molecular complexity index is 847. The lowest BCUT2D eigenvalue weighted by Gasteiger charge is -2.25. The summed E-state index contributed by atoms with van der Waals surface area (Å²) in [6.07, 6.45) is 2.30. The van der Waals surface area contributed by atoms with Gasteiger partial charge in [0.05, 0.1) is 17.7 Å². The molecule has 0 aliphatic carbocycles. The molecule has 0 saturated carbocycles. The van der Waals surface area contributed by atoms with E-state index in [1.54, 1.807) is 60.3 Å². The average Bonchev–Trinajstić information content (AvgIpc) is 2.95. The molecule has 1 aliphatic heterocycles. The van der Waals surface area contributed by atoms with Gasteiger partial charge in [-0.15, -0.1) is 0 Å². The van der Waals surface area contributed by atoms with Gasteiger partial charge in [-0.1, -0.05) is 12.1 Å². The van der Waals surface area contributed by atoms with Crippen molar-refractivity contribution in [3.8, 4) is 5.75 Å². The van der Waals surface area contributed by atoms with Gasteiger partial charge in [0.25, 0.3) is 11.8 Å². The van der Waals surface area contributed by atoms with Crippen molar-refractivity contribution in [2.24, 2.45) is 0 Å². The van der Waals surface area contributed by atoms with E-state index in [9.17, 15) is 14.4 Å². The summed E-state index contributed by atoms with van der Waals surface area (Å²) in [4.78, 5) is 39.6. The first-order chi connectivity index (χ1) is 13.6. The molecule has 1 atom stereocenters. The molecule has 28 heavy (non-hydrogen) atoms. The Kier molecular flexibility index (Phi) is 6.36. The molecular formula is C21H22N2O4S. The number of carbonyl (C=O) groups is 3. The Morgan fingerprint density at radius 1 is 1.07 bits per heavy atom. The highest BCUT2D eigenvalue weighted by Crippen LogP contribution is 2.27. The smallest absolute Gasteiger partial charge is 0.262 e. The number of ether oxygens (including phenoxy) is 1. The van der Waals surface area contributed by atoms with Crippen molar-refractivity contribution < 1.29 is 19.1 Å². The van der Waals surface area contributed by atoms with E-state index in [4.69, 9.17) is 4.74 Å². The molecule has 1 unspecified atom stereocenters. The molecule has 3 amide bonds. The third-order valence-electron chi connectivity index (χ3n) is 4.47. The molecule has 146 valence electrons. The highest BCUT2D eigenvalue weighted by molar-refractivity contribution is 7.98. The zero-order valence-corrected chi connectivity index (χ0v) is 16.6. The second kappa shape index (κ2) is 8.93. The standard InChI is InChI=1S/C21H22N2O4S/c1-3-27-15-10-8-14(9-11-15)22-19(24)18(12-13-28-2)23-20(25)16-6-4-5-7-17(16)21(23)26/h4-11,18H,3,12-13H2,1-2H3,(H,22,24). The van der Waals surface area contributed by atoms with Crippen molar-refractivity contribution in [1.82, 2.24) is 4.90 Å². The summed E-state index contributed by atoms with van der Waals surface area (Å²) in [5.41, 5.74) is 1.27. The van der Waals surface area contributed by atoms with Gasteiger partial charge in [-0.25, -0.2) is 0 Å². The van der Waals surface area contributed by atoms with Crippen molar-refractivity contribution in [2.45, 2.75) is 19.4 Å². The molecule has 1 heterocycles. The van der Waals surface area contributed by atoms with Crippen LogP contribution < -0.4 is 10.1 Å². The third-order valence-corrected chi connectivity index (χ3v) is 5.11. The lowest BCUT2D eigenvalue weighted by molar-refractivity contribution is -0.120. The topological polar surface area (TPSA) is 75.7 Å². The second-order valence-electron chi connectivity index (χ2n) is 6.27. The van der Waals surface area contributed by atoms with Gasteiger partial charge in [-0.05, 0) is 61.8 Å². The molecule has 0 saturated heterocycles. The summed E-state index contributed by atoms with van der Waals surface area (Å²) in [6.45, 7) is 2.45. The Morgan fingerprint density at radius 2 is 1.68 bits per heavy atom. The molecule has 0 fully saturated rings. The van der Waals surface area contributed by atoms with E-state index in [2.05, 4.69) is 5.32 Å². The van der Waals surface area contributed by atoms with Gasteiger partial charge in [-0.2, -0.15) is 11.8 Å². The van der Waals surface area contributed by atoms with Gasteiger partial charge in [0, 0.05) is 5.69 Å². The first-order valence-corrected chi connectivity index (χ1v) is 10.5. The van der Waals surface area contributed by atoms with Gasteiger partial charge in [0.1, 0.15) is 11.8 Å². The summed E-state index contributed by atoms with van der Waals surface area (Å²) in [5, 5.41) is 2.82. The highest BCUT2D eigenvalue weighted by Gasteiger charge is 2.42. The number of carbonyl (C=O) groups excluding carboxylic acids is 3. The number of benzene rings is 2. The normalized spacial score (nSPS) is 14.0. The molecular weight excluding hydrogens is 376 g/mol. The lowest BCUT2D eigenvalue weighted by atomic mass is 10.1. The Morgan fingerprint density at radius 3 is 2.21 bits per heavy atom. The van der Waals surface area contributed by atoms with Crippen LogP contribution in [0.2, 0.25) is 0 Å². The van der Waals surface area contributed by atoms with Crippen molar-refractivity contribution >= 4 is 35.2 Å². The van der Waals surface area contributed by atoms with Gasteiger partial charge in [0.15, 0.2) is 0 Å². The van der Waals surface area contributed by atoms with Crippen molar-refractivity contribution in [3.63, 3.8) is 0 Å². The van der Waals surface area contributed by atoms with E-state index < -0.39 is 17.9 Å². The van der Waals surface area contributed by atoms with Gasteiger partial charge in [0.2, 0.25) is 5.91 Å². The predicted molar refractivity (Wildman–Crippen MR) is 110 cm³/mol. The van der Waals surface area contributed by atoms with Crippen LogP contribution in [0.1, 0.15) is 34.1 Å². The zero-order chi connectivity index (χ0) is 20.1. The minimum absolute atomic E-state index is 0.343. The van der Waals surface area contributed by atoms with Crippen LogP contribution in [0.5, 0.6) is 5.75 Å². The fraction of sp³-hybridized carbons (Fsp3) is 0.286. The summed E-state index contributed by atoms with van der Waals surface area (Å²) < 4.78 is 5.40. The minimum atomic E-state index is -0.869. The predicted octanol–water partition coefficient (Wildman–Crippen LogP) is 3.44. The maximum atomic E-state index is 13.0. The largest absolute Gasteiger partial charge is 0.494 e. The second-order valence-corrected chi connectivity index (χ2v) is 7.26. The number of hydrogen-bond donors (Lipinski definition) is 1. The van der Waals surface area contributed by atoms with Gasteiger partial charge in [-0.3, -0.25) is 19.3 Å². The number of thioether (sulfide) groups is 1. The molecule has 0 aromatic heterocycles. The van der Waals surface area contributed by atoms with E-state index in [-0.39, 0.29) is 5.91 Å². The van der Waals surface area contributed by atoms with Gasteiger partial charge >= 0.3 is 0 Å². The summed E-state index contributed by atoms with van der Waals surface area (Å²) in [6, 6.07) is 12.8. The molecule has 0 radical (unpaired) electrons. The molecule has 3 rings (SSSR count). The number of anilines is 1. The van der Waals surface area contributed by atoms with Crippen LogP contribution in [0, 0.1) is 0 Å². The Labute approximate surface area is 168 Å². The van der Waals surface area contributed by atoms with Crippen molar-refractivity contribution in [3.05, 3.63) is 59.7 Å². The quantitative estimate of drug-likeness (QED) is 0.690. The number of nitrogens with zero attached hydrogens (tertiary/aromatic N) is 1. The first-order valence-electron chi connectivity index (χ1n) is 9.06. The maximum Gasteiger partial charge on any atom is 0.262 e. The van der Waals surface area contributed by atoms with Gasteiger partial charge < -0.3 is 10.1 Å². The van der Waals surface area contributed by atoms with E-state index in [0.717, 1.165) is 4.90 Å². The van der Waals surface area contributed by atoms with Crippen LogP contribution in [-0.2, 0) is 4.79 Å². The van der Waals surface area contributed by atoms with Crippen LogP contribution in [0.25, 0.3) is 0 Å². The summed E-state index contributed by atoms with van der Waals surface area (Å²) in [7, 11) is 0. The van der Waals surface area contributed by atoms with E-state index >= 15 is 0 Å². The molecule has 1 aliphatic rings. The summed E-state index contributed by atoms with van der Waals surface area (Å²) >= 11 is 1.56. The van der Waals surface area contributed by atoms with Crippen LogP contribution >= 0.6 is 11.8 Å². The highest BCUT2D eigenvalue weighted by atomic mass is 32.2. The maximum absolute atomic E-state index is 13.0. The molecule has 2 aromatic carbocycles. The van der Waals surface area contributed by atoms with Crippen LogP contribution in [-0.4, -0.2) is 47.3 Å². The first kappa shape index (κ1) is 19.9. The molecule has 0 spiro atoms. The summed E-state index contributed by atoms with van der Waals surface area (Å²) in [5.74, 6) is 0.129. The Balaban J connectivity index is 1.81. The number of amides is 3. The van der Waals surface area contributed by atoms with E-state index in [1.807, 2.05) is 13.2 Å². The lowest BCUT2D eigenvalue weighted by Crippen LogP contribution is -2.47. The molecule has 2 aromatic rings. The van der Waals surface area contributed by atoms with E-state index in [1.165, 1.54) is 0 Å². The monoisotopic (exact) mass is 398 g/mol. The number of hydrogen-bond acceptors (Lipinski definition) is 5. The molecule has 0 bridgehead atoms.